The number of halogens is 1. The van der Waals surface area contributed by atoms with Crippen LogP contribution in [0.2, 0.25) is 0 Å². The average Bonchev–Trinajstić information content (AvgIpc) is 3.18. The smallest absolute Gasteiger partial charge is 0.191 e. The van der Waals surface area contributed by atoms with Gasteiger partial charge in [0.2, 0.25) is 0 Å². The molecule has 1 saturated heterocycles. The number of aryl methyl sites for hydroxylation is 1. The molecule has 174 valence electrons. The first-order valence-electron chi connectivity index (χ1n) is 11.6. The van der Waals surface area contributed by atoms with Crippen molar-refractivity contribution in [3.8, 4) is 0 Å². The van der Waals surface area contributed by atoms with Crippen LogP contribution in [0.5, 0.6) is 0 Å². The third-order valence-corrected chi connectivity index (χ3v) is 6.01. The van der Waals surface area contributed by atoms with Gasteiger partial charge in [-0.1, -0.05) is 25.1 Å². The van der Waals surface area contributed by atoms with Crippen LogP contribution in [0, 0.1) is 0 Å². The molecule has 2 heterocycles. The van der Waals surface area contributed by atoms with Gasteiger partial charge in [-0.3, -0.25) is 4.99 Å². The number of H-pyrrole nitrogens is 1. The van der Waals surface area contributed by atoms with Gasteiger partial charge in [0.15, 0.2) is 5.96 Å². The van der Waals surface area contributed by atoms with Crippen molar-refractivity contribution in [1.82, 2.24) is 20.5 Å². The van der Waals surface area contributed by atoms with Gasteiger partial charge in [-0.25, -0.2) is 0 Å². The molecular formula is C24H40IN5O. The van der Waals surface area contributed by atoms with Crippen LogP contribution in [0.3, 0.4) is 0 Å². The SMILES string of the molecule is CCNC(=NCCc1c[nH]c2c(CC)cccc12)NC1CCN(CCCOC)CC1.I. The van der Waals surface area contributed by atoms with E-state index in [9.17, 15) is 0 Å². The zero-order valence-corrected chi connectivity index (χ0v) is 21.7. The molecule has 0 radical (unpaired) electrons. The van der Waals surface area contributed by atoms with E-state index in [1.807, 2.05) is 0 Å². The highest BCUT2D eigenvalue weighted by molar-refractivity contribution is 14.0. The van der Waals surface area contributed by atoms with E-state index in [0.717, 1.165) is 64.6 Å². The lowest BCUT2D eigenvalue weighted by Crippen LogP contribution is -2.49. The van der Waals surface area contributed by atoms with Gasteiger partial charge in [0, 0.05) is 69.6 Å². The molecule has 1 fully saturated rings. The second-order valence-corrected chi connectivity index (χ2v) is 8.12. The fraction of sp³-hybridized carbons (Fsp3) is 0.625. The Balaban J connectivity index is 0.00000341. The number of hydrogen-bond donors (Lipinski definition) is 3. The molecule has 0 unspecified atom stereocenters. The lowest BCUT2D eigenvalue weighted by Gasteiger charge is -2.33. The Labute approximate surface area is 204 Å². The largest absolute Gasteiger partial charge is 0.385 e. The van der Waals surface area contributed by atoms with Crippen LogP contribution in [0.1, 0.15) is 44.2 Å². The molecule has 1 aromatic heterocycles. The summed E-state index contributed by atoms with van der Waals surface area (Å²) in [5.74, 6) is 0.949. The van der Waals surface area contributed by atoms with Crippen molar-refractivity contribution in [3.05, 3.63) is 35.5 Å². The molecule has 3 rings (SSSR count). The summed E-state index contributed by atoms with van der Waals surface area (Å²) in [5.41, 5.74) is 4.01. The van der Waals surface area contributed by atoms with Crippen molar-refractivity contribution in [2.24, 2.45) is 4.99 Å². The number of likely N-dealkylation sites (tertiary alicyclic amines) is 1. The Morgan fingerprint density at radius 1 is 1.23 bits per heavy atom. The van der Waals surface area contributed by atoms with E-state index in [0.29, 0.717) is 6.04 Å². The van der Waals surface area contributed by atoms with E-state index in [2.05, 4.69) is 58.8 Å². The third kappa shape index (κ3) is 7.64. The maximum Gasteiger partial charge on any atom is 0.191 e. The normalized spacial score (nSPS) is 15.8. The van der Waals surface area contributed by atoms with Crippen molar-refractivity contribution in [2.75, 3.05) is 46.4 Å². The number of piperidine rings is 1. The van der Waals surface area contributed by atoms with Crippen LogP contribution < -0.4 is 10.6 Å². The Bertz CT molecular complexity index is 798. The maximum absolute atomic E-state index is 5.17. The van der Waals surface area contributed by atoms with Gasteiger partial charge in [-0.15, -0.1) is 24.0 Å². The lowest BCUT2D eigenvalue weighted by molar-refractivity contribution is 0.155. The molecule has 31 heavy (non-hydrogen) atoms. The summed E-state index contributed by atoms with van der Waals surface area (Å²) >= 11 is 0. The molecule has 1 aliphatic rings. The van der Waals surface area contributed by atoms with Gasteiger partial charge in [-0.2, -0.15) is 0 Å². The number of aromatic nitrogens is 1. The van der Waals surface area contributed by atoms with E-state index in [-0.39, 0.29) is 24.0 Å². The molecule has 2 aromatic rings. The number of para-hydroxylation sites is 1. The lowest BCUT2D eigenvalue weighted by atomic mass is 10.1. The van der Waals surface area contributed by atoms with Gasteiger partial charge < -0.3 is 25.3 Å². The minimum Gasteiger partial charge on any atom is -0.385 e. The molecule has 0 atom stereocenters. The van der Waals surface area contributed by atoms with Crippen molar-refractivity contribution >= 4 is 40.8 Å². The summed E-state index contributed by atoms with van der Waals surface area (Å²) < 4.78 is 5.17. The zero-order chi connectivity index (χ0) is 21.2. The molecular weight excluding hydrogens is 501 g/mol. The van der Waals surface area contributed by atoms with Gasteiger partial charge in [0.25, 0.3) is 0 Å². The number of rotatable bonds is 10. The van der Waals surface area contributed by atoms with Gasteiger partial charge >= 0.3 is 0 Å². The van der Waals surface area contributed by atoms with Crippen LogP contribution >= 0.6 is 24.0 Å². The average molecular weight is 542 g/mol. The van der Waals surface area contributed by atoms with Gasteiger partial charge in [0.1, 0.15) is 0 Å². The number of hydrogen-bond acceptors (Lipinski definition) is 3. The van der Waals surface area contributed by atoms with E-state index in [1.54, 1.807) is 7.11 Å². The standard InChI is InChI=1S/C24H39N5O.HI/c1-4-19-8-6-9-22-20(18-27-23(19)22)10-13-26-24(25-5-2)28-21-11-15-29(16-12-21)14-7-17-30-3;/h6,8-9,18,21,27H,4-5,7,10-17H2,1-3H3,(H2,25,26,28);1H. The van der Waals surface area contributed by atoms with Crippen molar-refractivity contribution in [1.29, 1.82) is 0 Å². The molecule has 1 aromatic carbocycles. The van der Waals surface area contributed by atoms with Crippen molar-refractivity contribution in [2.45, 2.75) is 52.0 Å². The second kappa shape index (κ2) is 14.0. The number of nitrogens with zero attached hydrogens (tertiary/aromatic N) is 2. The fourth-order valence-electron chi connectivity index (χ4n) is 4.31. The van der Waals surface area contributed by atoms with Crippen LogP contribution in [0.25, 0.3) is 10.9 Å². The molecule has 3 N–H and O–H groups in total. The van der Waals surface area contributed by atoms with Crippen LogP contribution in [-0.2, 0) is 17.6 Å². The summed E-state index contributed by atoms with van der Waals surface area (Å²) in [5, 5.41) is 8.42. The Hall–Kier alpha value is -1.32. The predicted octanol–water partition coefficient (Wildman–Crippen LogP) is 3.95. The van der Waals surface area contributed by atoms with E-state index in [4.69, 9.17) is 9.73 Å². The second-order valence-electron chi connectivity index (χ2n) is 8.12. The number of benzene rings is 1. The Morgan fingerprint density at radius 3 is 2.74 bits per heavy atom. The minimum atomic E-state index is 0. The number of ether oxygens (including phenoxy) is 1. The molecule has 0 aliphatic carbocycles. The molecule has 0 amide bonds. The Kier molecular flexibility index (Phi) is 11.7. The van der Waals surface area contributed by atoms with Gasteiger partial charge in [0.05, 0.1) is 0 Å². The predicted molar refractivity (Wildman–Crippen MR) is 142 cm³/mol. The summed E-state index contributed by atoms with van der Waals surface area (Å²) in [6.45, 7) is 10.3. The first-order valence-corrected chi connectivity index (χ1v) is 11.6. The molecule has 1 aliphatic heterocycles. The highest BCUT2D eigenvalue weighted by Crippen LogP contribution is 2.22. The minimum absolute atomic E-state index is 0. The van der Waals surface area contributed by atoms with E-state index >= 15 is 0 Å². The van der Waals surface area contributed by atoms with Crippen LogP contribution in [0.4, 0.5) is 0 Å². The van der Waals surface area contributed by atoms with E-state index < -0.39 is 0 Å². The number of aliphatic imine (C=N–C) groups is 1. The number of guanidine groups is 1. The van der Waals surface area contributed by atoms with Crippen LogP contribution in [0.15, 0.2) is 29.4 Å². The number of fused-ring (bicyclic) bond motifs is 1. The van der Waals surface area contributed by atoms with E-state index in [1.165, 1.54) is 34.9 Å². The third-order valence-electron chi connectivity index (χ3n) is 6.01. The quantitative estimate of drug-likeness (QED) is 0.185. The molecule has 0 spiro atoms. The summed E-state index contributed by atoms with van der Waals surface area (Å²) in [6.07, 6.45) is 7.60. The number of nitrogens with one attached hydrogen (secondary N) is 3. The first kappa shape index (κ1) is 25.9. The maximum atomic E-state index is 5.17. The zero-order valence-electron chi connectivity index (χ0n) is 19.4. The topological polar surface area (TPSA) is 64.7 Å². The monoisotopic (exact) mass is 541 g/mol. The summed E-state index contributed by atoms with van der Waals surface area (Å²) in [6, 6.07) is 7.08. The Morgan fingerprint density at radius 2 is 2.03 bits per heavy atom. The van der Waals surface area contributed by atoms with Gasteiger partial charge in [-0.05, 0) is 50.2 Å². The number of methoxy groups -OCH3 is 1. The number of aromatic amines is 1. The fourth-order valence-corrected chi connectivity index (χ4v) is 4.31. The highest BCUT2D eigenvalue weighted by Gasteiger charge is 2.19. The van der Waals surface area contributed by atoms with Crippen molar-refractivity contribution in [3.63, 3.8) is 0 Å². The first-order chi connectivity index (χ1) is 14.7. The highest BCUT2D eigenvalue weighted by atomic mass is 127. The van der Waals surface area contributed by atoms with Crippen molar-refractivity contribution < 1.29 is 4.74 Å². The molecule has 0 bridgehead atoms. The van der Waals surface area contributed by atoms with Crippen LogP contribution in [-0.4, -0.2) is 68.3 Å². The summed E-state index contributed by atoms with van der Waals surface area (Å²) in [7, 11) is 1.78. The molecule has 6 nitrogen and oxygen atoms in total. The summed E-state index contributed by atoms with van der Waals surface area (Å²) in [4.78, 5) is 10.9. The molecule has 0 saturated carbocycles. The molecule has 7 heteroatoms.